The second kappa shape index (κ2) is 13.3. The van der Waals surface area contributed by atoms with E-state index in [1.54, 1.807) is 6.20 Å². The van der Waals surface area contributed by atoms with Gasteiger partial charge in [-0.2, -0.15) is 0 Å². The van der Waals surface area contributed by atoms with Gasteiger partial charge in [0.1, 0.15) is 17.6 Å². The van der Waals surface area contributed by atoms with E-state index in [1.165, 1.54) is 0 Å². The van der Waals surface area contributed by atoms with Crippen LogP contribution in [0.5, 0.6) is 0 Å². The number of azide groups is 1. The summed E-state index contributed by atoms with van der Waals surface area (Å²) in [6.45, 7) is 6.88. The molecular formula is C34H36N8O3. The fourth-order valence-corrected chi connectivity index (χ4v) is 6.57. The Kier molecular flexibility index (Phi) is 8.63. The van der Waals surface area contributed by atoms with Gasteiger partial charge < -0.3 is 18.6 Å². The van der Waals surface area contributed by atoms with Gasteiger partial charge in [-0.25, -0.2) is 4.98 Å². The highest BCUT2D eigenvalue weighted by atomic mass is 16.7. The molecule has 3 aliphatic rings. The summed E-state index contributed by atoms with van der Waals surface area (Å²) in [6, 6.07) is 14.0. The fraction of sp³-hybridized carbons (Fsp3) is 0.441. The van der Waals surface area contributed by atoms with Crippen LogP contribution in [-0.2, 0) is 22.6 Å². The van der Waals surface area contributed by atoms with Gasteiger partial charge in [0.2, 0.25) is 0 Å². The number of benzene rings is 1. The number of likely N-dealkylation sites (tertiary alicyclic amines) is 1. The summed E-state index contributed by atoms with van der Waals surface area (Å²) in [7, 11) is 0. The van der Waals surface area contributed by atoms with Gasteiger partial charge in [0.15, 0.2) is 12.1 Å². The molecule has 3 unspecified atom stereocenters. The predicted molar refractivity (Wildman–Crippen MR) is 166 cm³/mol. The zero-order valence-electron chi connectivity index (χ0n) is 25.3. The molecule has 0 spiro atoms. The zero-order valence-corrected chi connectivity index (χ0v) is 25.3. The molecule has 4 aromatic rings. The molecule has 45 heavy (non-hydrogen) atoms. The van der Waals surface area contributed by atoms with E-state index in [4.69, 9.17) is 19.5 Å². The lowest BCUT2D eigenvalue weighted by Gasteiger charge is -2.26. The number of fused-ring (bicyclic) bond motifs is 1. The van der Waals surface area contributed by atoms with Crippen LogP contribution in [0, 0.1) is 29.6 Å². The molecule has 3 fully saturated rings. The molecule has 2 aliphatic heterocycles. The Hall–Kier alpha value is -4.46. The number of imidazole rings is 1. The first kappa shape index (κ1) is 29.3. The third-order valence-electron chi connectivity index (χ3n) is 9.03. The van der Waals surface area contributed by atoms with Crippen LogP contribution in [0.15, 0.2) is 70.7 Å². The second-order valence-corrected chi connectivity index (χ2v) is 12.1. The van der Waals surface area contributed by atoms with Crippen molar-refractivity contribution in [3.05, 3.63) is 99.8 Å². The van der Waals surface area contributed by atoms with Crippen molar-refractivity contribution in [1.29, 1.82) is 0 Å². The van der Waals surface area contributed by atoms with E-state index >= 15 is 0 Å². The number of hydrogen-bond donors (Lipinski definition) is 0. The Balaban J connectivity index is 0.912. The minimum absolute atomic E-state index is 0.175. The van der Waals surface area contributed by atoms with Gasteiger partial charge in [-0.15, -0.1) is 0 Å². The van der Waals surface area contributed by atoms with E-state index in [1.807, 2.05) is 60.3 Å². The highest BCUT2D eigenvalue weighted by Crippen LogP contribution is 2.52. The number of piperidine rings is 1. The number of pyridine rings is 1. The summed E-state index contributed by atoms with van der Waals surface area (Å²) in [5, 5.41) is 8.04. The lowest BCUT2D eigenvalue weighted by atomic mass is 10.1. The first-order valence-electron chi connectivity index (χ1n) is 15.7. The SMILES string of the molecule is C[C@H](OC1CCCCO1)c1nccn1Cc1cc(-c2ccc(C#Cc3ccc(CN4CC5C(CN=[N+]=[N-])C5C4)nc3)cc2)on1. The third kappa shape index (κ3) is 6.95. The van der Waals surface area contributed by atoms with Crippen molar-refractivity contribution in [2.24, 2.45) is 22.9 Å². The first-order chi connectivity index (χ1) is 22.1. The van der Waals surface area contributed by atoms with E-state index in [9.17, 15) is 0 Å². The maximum atomic E-state index is 8.53. The normalized spacial score (nSPS) is 23.0. The van der Waals surface area contributed by atoms with Crippen molar-refractivity contribution in [2.45, 2.75) is 51.7 Å². The Morgan fingerprint density at radius 3 is 2.62 bits per heavy atom. The summed E-state index contributed by atoms with van der Waals surface area (Å²) in [5.41, 5.74) is 13.1. The predicted octanol–water partition coefficient (Wildman–Crippen LogP) is 5.97. The fourth-order valence-electron chi connectivity index (χ4n) is 6.57. The highest BCUT2D eigenvalue weighted by molar-refractivity contribution is 5.59. The molecule has 2 saturated heterocycles. The number of aromatic nitrogens is 4. The molecule has 1 aliphatic carbocycles. The lowest BCUT2D eigenvalue weighted by molar-refractivity contribution is -0.188. The Labute approximate surface area is 262 Å². The van der Waals surface area contributed by atoms with Gasteiger partial charge in [0, 0.05) is 79.0 Å². The molecule has 5 heterocycles. The molecule has 1 saturated carbocycles. The van der Waals surface area contributed by atoms with Crippen LogP contribution in [0.2, 0.25) is 0 Å². The molecule has 1 aromatic carbocycles. The van der Waals surface area contributed by atoms with Crippen LogP contribution in [-0.4, -0.2) is 57.1 Å². The van der Waals surface area contributed by atoms with E-state index in [2.05, 4.69) is 48.0 Å². The monoisotopic (exact) mass is 604 g/mol. The van der Waals surface area contributed by atoms with E-state index in [0.29, 0.717) is 36.6 Å². The van der Waals surface area contributed by atoms with Crippen molar-refractivity contribution in [1.82, 2.24) is 24.6 Å². The van der Waals surface area contributed by atoms with Gasteiger partial charge in [-0.3, -0.25) is 9.88 Å². The molecule has 3 aromatic heterocycles. The number of hydrogen-bond acceptors (Lipinski definition) is 8. The maximum absolute atomic E-state index is 8.53. The third-order valence-corrected chi connectivity index (χ3v) is 9.03. The van der Waals surface area contributed by atoms with Gasteiger partial charge in [0.25, 0.3) is 0 Å². The van der Waals surface area contributed by atoms with Crippen molar-refractivity contribution in [3.63, 3.8) is 0 Å². The van der Waals surface area contributed by atoms with Crippen LogP contribution in [0.3, 0.4) is 0 Å². The van der Waals surface area contributed by atoms with Crippen LogP contribution in [0.4, 0.5) is 0 Å². The molecule has 4 atom stereocenters. The molecular weight excluding hydrogens is 568 g/mol. The molecule has 0 radical (unpaired) electrons. The Morgan fingerprint density at radius 2 is 1.87 bits per heavy atom. The minimum Gasteiger partial charge on any atom is -0.356 e. The summed E-state index contributed by atoms with van der Waals surface area (Å²) >= 11 is 0. The van der Waals surface area contributed by atoms with E-state index < -0.39 is 0 Å². The quantitative estimate of drug-likeness (QED) is 0.0944. The first-order valence-corrected chi connectivity index (χ1v) is 15.7. The standard InChI is InChI=1S/C34H36N8O3/c1-23(44-33-4-2-3-15-43-33)34-36-13-14-42(34)20-28-16-32(45-39-28)26-10-7-24(8-11-26)5-6-25-9-12-27(37-17-25)19-41-21-30-29(18-38-40-35)31(30)22-41/h7-14,16-17,23,29-31,33H,2-4,15,18-22H2,1H3/t23-,29?,30?,31?,33?/m0/s1. The van der Waals surface area contributed by atoms with Crippen molar-refractivity contribution in [3.8, 4) is 23.2 Å². The van der Waals surface area contributed by atoms with Gasteiger partial charge in [0.05, 0.1) is 12.2 Å². The topological polar surface area (TPSA) is 127 Å². The van der Waals surface area contributed by atoms with Crippen LogP contribution in [0.1, 0.15) is 60.6 Å². The molecule has 11 heteroatoms. The number of rotatable bonds is 10. The average molecular weight is 605 g/mol. The van der Waals surface area contributed by atoms with Crippen molar-refractivity contribution in [2.75, 3.05) is 26.2 Å². The van der Waals surface area contributed by atoms with E-state index in [-0.39, 0.29) is 12.4 Å². The second-order valence-electron chi connectivity index (χ2n) is 12.1. The Morgan fingerprint density at radius 1 is 1.04 bits per heavy atom. The summed E-state index contributed by atoms with van der Waals surface area (Å²) in [4.78, 5) is 14.5. The minimum atomic E-state index is -0.191. The summed E-state index contributed by atoms with van der Waals surface area (Å²) in [5.74, 6) is 9.91. The molecule has 0 N–H and O–H groups in total. The van der Waals surface area contributed by atoms with Gasteiger partial charge in [-0.05, 0) is 85.9 Å². The summed E-state index contributed by atoms with van der Waals surface area (Å²) in [6.07, 6.45) is 8.32. The Bertz CT molecular complexity index is 1700. The van der Waals surface area contributed by atoms with Crippen LogP contribution >= 0.6 is 0 Å². The van der Waals surface area contributed by atoms with Gasteiger partial charge in [-0.1, -0.05) is 22.1 Å². The number of nitrogens with zero attached hydrogens (tertiary/aromatic N) is 8. The maximum Gasteiger partial charge on any atom is 0.167 e. The highest BCUT2D eigenvalue weighted by Gasteiger charge is 2.54. The van der Waals surface area contributed by atoms with E-state index in [0.717, 1.165) is 79.4 Å². The average Bonchev–Trinajstić information content (AvgIpc) is 3.54. The van der Waals surface area contributed by atoms with Crippen LogP contribution in [0.25, 0.3) is 21.8 Å². The lowest BCUT2D eigenvalue weighted by Crippen LogP contribution is -2.25. The molecule has 11 nitrogen and oxygen atoms in total. The molecule has 0 amide bonds. The zero-order chi connectivity index (χ0) is 30.6. The summed E-state index contributed by atoms with van der Waals surface area (Å²) < 4.78 is 19.6. The molecule has 0 bridgehead atoms. The van der Waals surface area contributed by atoms with Crippen molar-refractivity contribution < 1.29 is 14.0 Å². The molecule has 230 valence electrons. The van der Waals surface area contributed by atoms with Gasteiger partial charge >= 0.3 is 0 Å². The van der Waals surface area contributed by atoms with Crippen LogP contribution < -0.4 is 0 Å². The molecule has 7 rings (SSSR count). The van der Waals surface area contributed by atoms with Crippen molar-refractivity contribution >= 4 is 0 Å². The number of ether oxygens (including phenoxy) is 2. The largest absolute Gasteiger partial charge is 0.356 e. The smallest absolute Gasteiger partial charge is 0.167 e.